The van der Waals surface area contributed by atoms with E-state index in [1.165, 1.54) is 13.0 Å². The van der Waals surface area contributed by atoms with Gasteiger partial charge >= 0.3 is 12.1 Å². The highest BCUT2D eigenvalue weighted by Crippen LogP contribution is 2.14. The number of carbonyl (C=O) groups excluding carboxylic acids is 1. The van der Waals surface area contributed by atoms with E-state index in [0.29, 0.717) is 12.3 Å². The molecule has 0 aromatic heterocycles. The molecule has 0 radical (unpaired) electrons. The van der Waals surface area contributed by atoms with Gasteiger partial charge in [0.25, 0.3) is 0 Å². The molecule has 0 heterocycles. The first-order chi connectivity index (χ1) is 9.52. The van der Waals surface area contributed by atoms with Gasteiger partial charge in [-0.2, -0.15) is 0 Å². The molecule has 1 aromatic rings. The molecule has 0 spiro atoms. The maximum atomic E-state index is 11.2. The van der Waals surface area contributed by atoms with Gasteiger partial charge in [-0.3, -0.25) is 0 Å². The standard InChI is InChI=1S/C14H17NO5/c1-3-8-19-14(18)15-9-11-4-6-12(7-5-11)20-10(2)13(16)17/h3-7,10H,1,8-9H2,2H3,(H,15,18)(H,16,17). The van der Waals surface area contributed by atoms with Crippen LogP contribution in [0, 0.1) is 0 Å². The molecule has 1 atom stereocenters. The number of ether oxygens (including phenoxy) is 2. The molecule has 1 rings (SSSR count). The summed E-state index contributed by atoms with van der Waals surface area (Å²) in [6.45, 7) is 5.36. The van der Waals surface area contributed by atoms with Gasteiger partial charge in [0, 0.05) is 6.54 Å². The smallest absolute Gasteiger partial charge is 0.407 e. The summed E-state index contributed by atoms with van der Waals surface area (Å²) in [7, 11) is 0. The summed E-state index contributed by atoms with van der Waals surface area (Å²) in [5.74, 6) is -0.571. The topological polar surface area (TPSA) is 84.9 Å². The lowest BCUT2D eigenvalue weighted by Crippen LogP contribution is -2.24. The first kappa shape index (κ1) is 15.6. The van der Waals surface area contributed by atoms with Gasteiger partial charge < -0.3 is 19.9 Å². The van der Waals surface area contributed by atoms with Crippen molar-refractivity contribution in [1.82, 2.24) is 5.32 Å². The van der Waals surface area contributed by atoms with Crippen LogP contribution in [0.2, 0.25) is 0 Å². The third kappa shape index (κ3) is 5.43. The minimum Gasteiger partial charge on any atom is -0.479 e. The summed E-state index contributed by atoms with van der Waals surface area (Å²) < 4.78 is 9.94. The number of carboxylic acids is 1. The Morgan fingerprint density at radius 1 is 1.40 bits per heavy atom. The number of nitrogens with one attached hydrogen (secondary N) is 1. The zero-order chi connectivity index (χ0) is 15.0. The first-order valence-electron chi connectivity index (χ1n) is 6.03. The SMILES string of the molecule is C=CCOC(=O)NCc1ccc(OC(C)C(=O)O)cc1. The van der Waals surface area contributed by atoms with Gasteiger partial charge in [0.1, 0.15) is 12.4 Å². The van der Waals surface area contributed by atoms with E-state index < -0.39 is 18.2 Å². The van der Waals surface area contributed by atoms with E-state index in [2.05, 4.69) is 11.9 Å². The Hall–Kier alpha value is -2.50. The van der Waals surface area contributed by atoms with Crippen LogP contribution in [0.15, 0.2) is 36.9 Å². The fourth-order valence-corrected chi connectivity index (χ4v) is 1.30. The number of aliphatic carboxylic acids is 1. The molecule has 0 fully saturated rings. The Morgan fingerprint density at radius 2 is 2.05 bits per heavy atom. The first-order valence-corrected chi connectivity index (χ1v) is 6.03. The molecule has 6 heteroatoms. The fraction of sp³-hybridized carbons (Fsp3) is 0.286. The van der Waals surface area contributed by atoms with Crippen molar-refractivity contribution in [3.05, 3.63) is 42.5 Å². The normalized spacial score (nSPS) is 11.2. The second-order valence-electron chi connectivity index (χ2n) is 3.98. The van der Waals surface area contributed by atoms with Crippen LogP contribution in [0.25, 0.3) is 0 Å². The summed E-state index contributed by atoms with van der Waals surface area (Å²) in [6.07, 6.45) is 0.0487. The van der Waals surface area contributed by atoms with Crippen LogP contribution in [-0.2, 0) is 16.1 Å². The molecule has 2 N–H and O–H groups in total. The Bertz CT molecular complexity index is 469. The molecular weight excluding hydrogens is 262 g/mol. The lowest BCUT2D eigenvalue weighted by atomic mass is 10.2. The predicted molar refractivity (Wildman–Crippen MR) is 72.6 cm³/mol. The lowest BCUT2D eigenvalue weighted by Gasteiger charge is -2.11. The number of benzene rings is 1. The summed E-state index contributed by atoms with van der Waals surface area (Å²) in [5.41, 5.74) is 0.843. The molecule has 1 unspecified atom stereocenters. The van der Waals surface area contributed by atoms with Crippen molar-refractivity contribution in [3.63, 3.8) is 0 Å². The molecule has 0 aliphatic rings. The Kier molecular flexibility index (Phi) is 6.09. The van der Waals surface area contributed by atoms with Gasteiger partial charge in [-0.25, -0.2) is 9.59 Å². The van der Waals surface area contributed by atoms with Crippen LogP contribution in [-0.4, -0.2) is 29.9 Å². The molecule has 0 aliphatic heterocycles. The van der Waals surface area contributed by atoms with Crippen molar-refractivity contribution in [1.29, 1.82) is 0 Å². The van der Waals surface area contributed by atoms with Gasteiger partial charge in [0.15, 0.2) is 6.10 Å². The minimum absolute atomic E-state index is 0.158. The van der Waals surface area contributed by atoms with E-state index in [1.54, 1.807) is 24.3 Å². The number of rotatable bonds is 7. The van der Waals surface area contributed by atoms with Crippen LogP contribution in [0.3, 0.4) is 0 Å². The molecule has 1 aromatic carbocycles. The molecule has 108 valence electrons. The maximum Gasteiger partial charge on any atom is 0.407 e. The monoisotopic (exact) mass is 279 g/mol. The Morgan fingerprint density at radius 3 is 2.60 bits per heavy atom. The van der Waals surface area contributed by atoms with E-state index in [-0.39, 0.29) is 6.61 Å². The number of amides is 1. The molecule has 1 amide bonds. The Labute approximate surface area is 117 Å². The van der Waals surface area contributed by atoms with Crippen molar-refractivity contribution in [3.8, 4) is 5.75 Å². The van der Waals surface area contributed by atoms with Crippen molar-refractivity contribution in [2.24, 2.45) is 0 Å². The molecular formula is C14H17NO5. The van der Waals surface area contributed by atoms with Crippen LogP contribution in [0.5, 0.6) is 5.75 Å². The summed E-state index contributed by atoms with van der Waals surface area (Å²) in [4.78, 5) is 21.8. The molecule has 0 aliphatic carbocycles. The number of alkyl carbamates (subject to hydrolysis) is 1. The number of hydrogen-bond acceptors (Lipinski definition) is 4. The average molecular weight is 279 g/mol. The van der Waals surface area contributed by atoms with Crippen molar-refractivity contribution >= 4 is 12.1 Å². The molecule has 20 heavy (non-hydrogen) atoms. The third-order valence-corrected chi connectivity index (χ3v) is 2.35. The maximum absolute atomic E-state index is 11.2. The molecule has 0 saturated heterocycles. The zero-order valence-corrected chi connectivity index (χ0v) is 11.2. The van der Waals surface area contributed by atoms with Gasteiger partial charge in [0.05, 0.1) is 0 Å². The van der Waals surface area contributed by atoms with E-state index in [4.69, 9.17) is 14.6 Å². The zero-order valence-electron chi connectivity index (χ0n) is 11.2. The largest absolute Gasteiger partial charge is 0.479 e. The van der Waals surface area contributed by atoms with Crippen LogP contribution >= 0.6 is 0 Å². The second kappa shape index (κ2) is 7.83. The van der Waals surface area contributed by atoms with Crippen LogP contribution < -0.4 is 10.1 Å². The quantitative estimate of drug-likeness (QED) is 0.745. The second-order valence-corrected chi connectivity index (χ2v) is 3.98. The van der Waals surface area contributed by atoms with Gasteiger partial charge in [0.2, 0.25) is 0 Å². The Balaban J connectivity index is 2.44. The highest BCUT2D eigenvalue weighted by atomic mass is 16.5. The average Bonchev–Trinajstić information content (AvgIpc) is 2.44. The van der Waals surface area contributed by atoms with Gasteiger partial charge in [-0.05, 0) is 24.6 Å². The van der Waals surface area contributed by atoms with Gasteiger partial charge in [-0.1, -0.05) is 24.8 Å². The van der Waals surface area contributed by atoms with Crippen molar-refractivity contribution < 1.29 is 24.2 Å². The van der Waals surface area contributed by atoms with Crippen molar-refractivity contribution in [2.75, 3.05) is 6.61 Å². The summed E-state index contributed by atoms with van der Waals surface area (Å²) in [6, 6.07) is 6.76. The predicted octanol–water partition coefficient (Wildman–Crippen LogP) is 1.95. The summed E-state index contributed by atoms with van der Waals surface area (Å²) in [5, 5.41) is 11.3. The summed E-state index contributed by atoms with van der Waals surface area (Å²) >= 11 is 0. The highest BCUT2D eigenvalue weighted by Gasteiger charge is 2.12. The van der Waals surface area contributed by atoms with Gasteiger partial charge in [-0.15, -0.1) is 0 Å². The molecule has 6 nitrogen and oxygen atoms in total. The minimum atomic E-state index is -1.03. The van der Waals surface area contributed by atoms with E-state index in [1.807, 2.05) is 0 Å². The molecule has 0 saturated carbocycles. The number of carbonyl (C=O) groups is 2. The number of hydrogen-bond donors (Lipinski definition) is 2. The van der Waals surface area contributed by atoms with E-state index >= 15 is 0 Å². The van der Waals surface area contributed by atoms with Crippen LogP contribution in [0.4, 0.5) is 4.79 Å². The van der Waals surface area contributed by atoms with Crippen molar-refractivity contribution in [2.45, 2.75) is 19.6 Å². The lowest BCUT2D eigenvalue weighted by molar-refractivity contribution is -0.144. The third-order valence-electron chi connectivity index (χ3n) is 2.35. The van der Waals surface area contributed by atoms with E-state index in [9.17, 15) is 9.59 Å². The van der Waals surface area contributed by atoms with Crippen LogP contribution in [0.1, 0.15) is 12.5 Å². The highest BCUT2D eigenvalue weighted by molar-refractivity contribution is 5.72. The molecule has 0 bridgehead atoms. The van der Waals surface area contributed by atoms with E-state index in [0.717, 1.165) is 5.56 Å². The fourth-order valence-electron chi connectivity index (χ4n) is 1.30. The number of carboxylic acid groups (broad SMARTS) is 1.